The third kappa shape index (κ3) is 5.83. The Morgan fingerprint density at radius 2 is 2.09 bits per heavy atom. The Bertz CT molecular complexity index is 439. The highest BCUT2D eigenvalue weighted by molar-refractivity contribution is 5.68. The third-order valence-electron chi connectivity index (χ3n) is 5.00. The number of carbonyl (C=O) groups excluding carboxylic acids is 1. The van der Waals surface area contributed by atoms with Crippen molar-refractivity contribution in [3.05, 3.63) is 11.6 Å². The van der Waals surface area contributed by atoms with Crippen LogP contribution in [0.4, 0.5) is 4.79 Å². The van der Waals surface area contributed by atoms with Gasteiger partial charge in [0.15, 0.2) is 0 Å². The molecule has 0 spiro atoms. The first-order valence-electron chi connectivity index (χ1n) is 9.14. The number of hydrogen-bond donors (Lipinski definition) is 1. The van der Waals surface area contributed by atoms with Crippen molar-refractivity contribution in [3.8, 4) is 0 Å². The van der Waals surface area contributed by atoms with Crippen LogP contribution in [0.25, 0.3) is 0 Å². The molecule has 0 aromatic rings. The van der Waals surface area contributed by atoms with Gasteiger partial charge >= 0.3 is 6.09 Å². The summed E-state index contributed by atoms with van der Waals surface area (Å²) in [5.74, 6) is 1.61. The van der Waals surface area contributed by atoms with Crippen LogP contribution in [0.3, 0.4) is 0 Å². The molecule has 3 atom stereocenters. The van der Waals surface area contributed by atoms with E-state index in [9.17, 15) is 4.79 Å². The standard InChI is InChI=1S/C19H34N2O2/c1-14-6-7-15(2)17(12-14)20-13-16-8-10-21(11-9-16)18(22)23-19(3,4)5/h8,14-15,17,20H,6-7,9-13H2,1-5H3. The molecule has 0 bridgehead atoms. The van der Waals surface area contributed by atoms with E-state index in [1.54, 1.807) is 4.90 Å². The SMILES string of the molecule is CC1CCC(C)C(NCC2=CCN(C(=O)OC(C)(C)C)CC2)C1. The van der Waals surface area contributed by atoms with Crippen LogP contribution in [0.2, 0.25) is 0 Å². The normalized spacial score (nSPS) is 29.2. The molecule has 3 unspecified atom stereocenters. The van der Waals surface area contributed by atoms with Gasteiger partial charge in [0.25, 0.3) is 0 Å². The van der Waals surface area contributed by atoms with Crippen LogP contribution in [0.15, 0.2) is 11.6 Å². The zero-order chi connectivity index (χ0) is 17.0. The van der Waals surface area contributed by atoms with Gasteiger partial charge in [-0.25, -0.2) is 4.79 Å². The second kappa shape index (κ2) is 7.69. The smallest absolute Gasteiger partial charge is 0.410 e. The van der Waals surface area contributed by atoms with Crippen LogP contribution in [-0.2, 0) is 4.74 Å². The molecule has 1 fully saturated rings. The van der Waals surface area contributed by atoms with Gasteiger partial charge in [0, 0.05) is 25.7 Å². The molecule has 1 aliphatic heterocycles. The molecular formula is C19H34N2O2. The lowest BCUT2D eigenvalue weighted by Gasteiger charge is -2.34. The topological polar surface area (TPSA) is 41.6 Å². The summed E-state index contributed by atoms with van der Waals surface area (Å²) in [4.78, 5) is 13.9. The summed E-state index contributed by atoms with van der Waals surface area (Å²) >= 11 is 0. The lowest BCUT2D eigenvalue weighted by atomic mass is 9.80. The zero-order valence-electron chi connectivity index (χ0n) is 15.5. The Balaban J connectivity index is 1.77. The van der Waals surface area contributed by atoms with Crippen LogP contribution < -0.4 is 5.32 Å². The molecule has 0 aromatic carbocycles. The van der Waals surface area contributed by atoms with Gasteiger partial charge in [-0.15, -0.1) is 0 Å². The summed E-state index contributed by atoms with van der Waals surface area (Å²) in [5, 5.41) is 3.75. The van der Waals surface area contributed by atoms with Gasteiger partial charge in [-0.1, -0.05) is 31.9 Å². The van der Waals surface area contributed by atoms with E-state index in [0.717, 1.165) is 31.3 Å². The largest absolute Gasteiger partial charge is 0.444 e. The monoisotopic (exact) mass is 322 g/mol. The summed E-state index contributed by atoms with van der Waals surface area (Å²) in [6.45, 7) is 12.8. The molecule has 1 saturated carbocycles. The molecule has 1 aliphatic carbocycles. The number of hydrogen-bond acceptors (Lipinski definition) is 3. The van der Waals surface area contributed by atoms with Crippen LogP contribution in [0, 0.1) is 11.8 Å². The van der Waals surface area contributed by atoms with Crippen LogP contribution in [0.5, 0.6) is 0 Å². The maximum Gasteiger partial charge on any atom is 0.410 e. The fourth-order valence-electron chi connectivity index (χ4n) is 3.44. The fourth-order valence-corrected chi connectivity index (χ4v) is 3.44. The minimum absolute atomic E-state index is 0.199. The van der Waals surface area contributed by atoms with Crippen LogP contribution >= 0.6 is 0 Å². The number of nitrogens with one attached hydrogen (secondary N) is 1. The molecule has 4 nitrogen and oxygen atoms in total. The van der Waals surface area contributed by atoms with Gasteiger partial charge in [-0.05, 0) is 51.9 Å². The number of rotatable bonds is 3. The zero-order valence-corrected chi connectivity index (χ0v) is 15.5. The Labute approximate surface area is 141 Å². The Morgan fingerprint density at radius 3 is 2.70 bits per heavy atom. The molecule has 0 radical (unpaired) electrons. The second-order valence-corrected chi connectivity index (χ2v) is 8.42. The number of nitrogens with zero attached hydrogens (tertiary/aromatic N) is 1. The van der Waals surface area contributed by atoms with Crippen LogP contribution in [-0.4, -0.2) is 42.3 Å². The molecule has 1 amide bonds. The lowest BCUT2D eigenvalue weighted by Crippen LogP contribution is -2.42. The van der Waals surface area contributed by atoms with E-state index in [0.29, 0.717) is 12.6 Å². The molecule has 1 N–H and O–H groups in total. The quantitative estimate of drug-likeness (QED) is 0.799. The van der Waals surface area contributed by atoms with E-state index in [-0.39, 0.29) is 6.09 Å². The van der Waals surface area contributed by atoms with Gasteiger partial charge in [-0.2, -0.15) is 0 Å². The first kappa shape index (κ1) is 18.3. The van der Waals surface area contributed by atoms with Crippen molar-refractivity contribution in [1.82, 2.24) is 10.2 Å². The Kier molecular flexibility index (Phi) is 6.12. The van der Waals surface area contributed by atoms with E-state index in [1.165, 1.54) is 24.8 Å². The lowest BCUT2D eigenvalue weighted by molar-refractivity contribution is 0.0265. The third-order valence-corrected chi connectivity index (χ3v) is 5.00. The van der Waals surface area contributed by atoms with Gasteiger partial charge in [0.1, 0.15) is 5.60 Å². The van der Waals surface area contributed by atoms with E-state index in [1.807, 2.05) is 20.8 Å². The van der Waals surface area contributed by atoms with Crippen molar-refractivity contribution in [2.24, 2.45) is 11.8 Å². The summed E-state index contributed by atoms with van der Waals surface area (Å²) in [6, 6.07) is 0.642. The average molecular weight is 322 g/mol. The maximum atomic E-state index is 12.1. The first-order chi connectivity index (χ1) is 10.7. The molecule has 23 heavy (non-hydrogen) atoms. The highest BCUT2D eigenvalue weighted by atomic mass is 16.6. The molecule has 0 saturated heterocycles. The minimum Gasteiger partial charge on any atom is -0.444 e. The van der Waals surface area contributed by atoms with Crippen molar-refractivity contribution >= 4 is 6.09 Å². The summed E-state index contributed by atoms with van der Waals surface area (Å²) in [7, 11) is 0. The van der Waals surface area contributed by atoms with E-state index < -0.39 is 5.60 Å². The molecule has 0 aromatic heterocycles. The number of ether oxygens (including phenoxy) is 1. The predicted molar refractivity (Wildman–Crippen MR) is 94.5 cm³/mol. The van der Waals surface area contributed by atoms with Gasteiger partial charge in [-0.3, -0.25) is 0 Å². The summed E-state index contributed by atoms with van der Waals surface area (Å²) in [5.41, 5.74) is 1.01. The van der Waals surface area contributed by atoms with Crippen molar-refractivity contribution in [3.63, 3.8) is 0 Å². The second-order valence-electron chi connectivity index (χ2n) is 8.42. The maximum absolute atomic E-state index is 12.1. The molecular weight excluding hydrogens is 288 g/mol. The molecule has 2 rings (SSSR count). The summed E-state index contributed by atoms with van der Waals surface area (Å²) < 4.78 is 5.44. The number of carbonyl (C=O) groups is 1. The highest BCUT2D eigenvalue weighted by Crippen LogP contribution is 2.28. The van der Waals surface area contributed by atoms with Crippen molar-refractivity contribution in [2.75, 3.05) is 19.6 Å². The van der Waals surface area contributed by atoms with Gasteiger partial charge < -0.3 is 15.0 Å². The van der Waals surface area contributed by atoms with Crippen molar-refractivity contribution in [2.45, 2.75) is 71.9 Å². The van der Waals surface area contributed by atoms with Crippen molar-refractivity contribution in [1.29, 1.82) is 0 Å². The summed E-state index contributed by atoms with van der Waals surface area (Å²) in [6.07, 6.45) is 6.94. The molecule has 132 valence electrons. The average Bonchev–Trinajstić information content (AvgIpc) is 2.47. The Hall–Kier alpha value is -1.03. The van der Waals surface area contributed by atoms with Gasteiger partial charge in [0.2, 0.25) is 0 Å². The molecule has 2 aliphatic rings. The molecule has 1 heterocycles. The van der Waals surface area contributed by atoms with E-state index in [4.69, 9.17) is 4.74 Å². The molecule has 4 heteroatoms. The number of amides is 1. The van der Waals surface area contributed by atoms with Crippen molar-refractivity contribution < 1.29 is 9.53 Å². The highest BCUT2D eigenvalue weighted by Gasteiger charge is 2.26. The first-order valence-corrected chi connectivity index (χ1v) is 9.14. The predicted octanol–water partition coefficient (Wildman–Crippen LogP) is 3.97. The fraction of sp³-hybridized carbons (Fsp3) is 0.842. The van der Waals surface area contributed by atoms with Gasteiger partial charge in [0.05, 0.1) is 0 Å². The Morgan fingerprint density at radius 1 is 1.35 bits per heavy atom. The van der Waals surface area contributed by atoms with Crippen LogP contribution in [0.1, 0.15) is 60.3 Å². The van der Waals surface area contributed by atoms with E-state index in [2.05, 4.69) is 25.2 Å². The van der Waals surface area contributed by atoms with E-state index >= 15 is 0 Å². The minimum atomic E-state index is -0.420.